The third-order valence-electron chi connectivity index (χ3n) is 3.44. The van der Waals surface area contributed by atoms with Crippen LogP contribution in [0.5, 0.6) is 5.75 Å². The Kier molecular flexibility index (Phi) is 7.72. The average molecular weight is 383 g/mol. The molecule has 0 saturated heterocycles. The van der Waals surface area contributed by atoms with E-state index in [1.165, 1.54) is 4.88 Å². The van der Waals surface area contributed by atoms with Gasteiger partial charge in [0.15, 0.2) is 13.2 Å². The lowest BCUT2D eigenvalue weighted by atomic mass is 10.3. The van der Waals surface area contributed by atoms with Crippen LogP contribution >= 0.6 is 22.9 Å². The van der Waals surface area contributed by atoms with Crippen LogP contribution in [0.2, 0.25) is 5.02 Å². The minimum absolute atomic E-state index is 0.193. The molecule has 3 N–H and O–H groups in total. The second-order valence-corrected chi connectivity index (χ2v) is 6.84. The number of benzene rings is 1. The van der Waals surface area contributed by atoms with Gasteiger partial charge in [0.2, 0.25) is 0 Å². The van der Waals surface area contributed by atoms with Crippen molar-refractivity contribution >= 4 is 34.8 Å². The van der Waals surface area contributed by atoms with Crippen LogP contribution in [0.4, 0.5) is 0 Å². The first-order valence-electron chi connectivity index (χ1n) is 7.88. The maximum Gasteiger partial charge on any atom is 0.293 e. The van der Waals surface area contributed by atoms with Crippen LogP contribution in [0.3, 0.4) is 0 Å². The normalized spacial score (nSPS) is 11.6. The monoisotopic (exact) mass is 382 g/mol. The first-order chi connectivity index (χ1) is 12.1. The van der Waals surface area contributed by atoms with Gasteiger partial charge in [-0.3, -0.25) is 20.4 Å². The highest BCUT2D eigenvalue weighted by Gasteiger charge is 2.14. The minimum Gasteiger partial charge on any atom is -0.484 e. The van der Waals surface area contributed by atoms with E-state index >= 15 is 0 Å². The number of likely N-dealkylation sites (N-methyl/N-ethyl adjacent to an activating group) is 1. The van der Waals surface area contributed by atoms with Crippen molar-refractivity contribution in [3.63, 3.8) is 0 Å². The largest absolute Gasteiger partial charge is 0.484 e. The van der Waals surface area contributed by atoms with Crippen LogP contribution < -0.4 is 20.5 Å². The second-order valence-electron chi connectivity index (χ2n) is 5.38. The average Bonchev–Trinajstić information content (AvgIpc) is 3.12. The molecule has 0 aliphatic rings. The Bertz CT molecular complexity index is 677. The number of ether oxygens (including phenoxy) is 1. The molecule has 1 heterocycles. The molecule has 0 aliphatic carbocycles. The van der Waals surface area contributed by atoms with Gasteiger partial charge in [0.05, 0.1) is 11.4 Å². The molecule has 2 amide bonds. The van der Waals surface area contributed by atoms with Crippen LogP contribution in [0.15, 0.2) is 41.8 Å². The summed E-state index contributed by atoms with van der Waals surface area (Å²) in [6.45, 7) is 3.72. The predicted octanol–water partition coefficient (Wildman–Crippen LogP) is 1.03. The number of quaternary nitrogens is 1. The van der Waals surface area contributed by atoms with Gasteiger partial charge >= 0.3 is 0 Å². The number of hydrogen-bond donors (Lipinski definition) is 3. The highest BCUT2D eigenvalue weighted by Crippen LogP contribution is 2.15. The highest BCUT2D eigenvalue weighted by molar-refractivity contribution is 7.09. The molecule has 0 spiro atoms. The van der Waals surface area contributed by atoms with E-state index in [2.05, 4.69) is 10.9 Å². The van der Waals surface area contributed by atoms with E-state index < -0.39 is 5.91 Å². The number of carbonyl (C=O) groups excluding carboxylic acids is 2. The molecule has 134 valence electrons. The van der Waals surface area contributed by atoms with Crippen molar-refractivity contribution in [1.29, 1.82) is 0 Å². The van der Waals surface area contributed by atoms with Gasteiger partial charge in [-0.05, 0) is 42.6 Å². The second kappa shape index (κ2) is 10.0. The zero-order chi connectivity index (χ0) is 18.1. The fraction of sp³-hybridized carbons (Fsp3) is 0.294. The van der Waals surface area contributed by atoms with Gasteiger partial charge in [-0.25, -0.2) is 0 Å². The van der Waals surface area contributed by atoms with E-state index in [4.69, 9.17) is 16.3 Å². The Morgan fingerprint density at radius 2 is 1.88 bits per heavy atom. The van der Waals surface area contributed by atoms with Crippen molar-refractivity contribution in [1.82, 2.24) is 10.9 Å². The zero-order valence-corrected chi connectivity index (χ0v) is 15.5. The van der Waals surface area contributed by atoms with E-state index in [0.717, 1.165) is 18.0 Å². The van der Waals surface area contributed by atoms with Gasteiger partial charge in [-0.15, -0.1) is 11.3 Å². The van der Waals surface area contributed by atoms with Crippen molar-refractivity contribution in [2.24, 2.45) is 0 Å². The van der Waals surface area contributed by atoms with Crippen LogP contribution in [0.1, 0.15) is 11.8 Å². The molecule has 1 aromatic heterocycles. The molecular weight excluding hydrogens is 362 g/mol. The highest BCUT2D eigenvalue weighted by atomic mass is 35.5. The third kappa shape index (κ3) is 7.13. The summed E-state index contributed by atoms with van der Waals surface area (Å²) in [5.74, 6) is -0.142. The molecule has 1 aromatic carbocycles. The number of hydrazine groups is 1. The Balaban J connectivity index is 1.67. The van der Waals surface area contributed by atoms with Crippen LogP contribution in [0.25, 0.3) is 0 Å². The van der Waals surface area contributed by atoms with Crippen LogP contribution in [0, 0.1) is 0 Å². The molecular formula is C17H21ClN3O3S+. The Morgan fingerprint density at radius 3 is 2.52 bits per heavy atom. The summed E-state index contributed by atoms with van der Waals surface area (Å²) in [4.78, 5) is 26.0. The lowest BCUT2D eigenvalue weighted by molar-refractivity contribution is -0.903. The van der Waals surface area contributed by atoms with Gasteiger partial charge in [0, 0.05) is 5.02 Å². The third-order valence-corrected chi connectivity index (χ3v) is 4.57. The van der Waals surface area contributed by atoms with Crippen molar-refractivity contribution < 1.29 is 19.2 Å². The van der Waals surface area contributed by atoms with Crippen LogP contribution in [-0.2, 0) is 16.1 Å². The summed E-state index contributed by atoms with van der Waals surface area (Å²) in [6, 6.07) is 10.7. The molecule has 2 aromatic rings. The molecule has 0 fully saturated rings. The Morgan fingerprint density at radius 1 is 1.16 bits per heavy atom. The SMILES string of the molecule is CC[NH+](CC(=O)NNC(=O)COc1ccc(Cl)cc1)Cc1cccs1. The maximum atomic E-state index is 12.0. The fourth-order valence-electron chi connectivity index (χ4n) is 2.10. The van der Waals surface area contributed by atoms with Crippen molar-refractivity contribution in [2.45, 2.75) is 13.5 Å². The fourth-order valence-corrected chi connectivity index (χ4v) is 3.00. The number of thiophene rings is 1. The first-order valence-corrected chi connectivity index (χ1v) is 9.14. The van der Waals surface area contributed by atoms with Crippen LogP contribution in [-0.4, -0.2) is 31.5 Å². The number of hydrogen-bond acceptors (Lipinski definition) is 4. The molecule has 0 radical (unpaired) electrons. The number of nitrogens with one attached hydrogen (secondary N) is 3. The molecule has 1 unspecified atom stereocenters. The number of halogens is 1. The van der Waals surface area contributed by atoms with E-state index in [-0.39, 0.29) is 19.1 Å². The van der Waals surface area contributed by atoms with E-state index in [0.29, 0.717) is 10.8 Å². The lowest BCUT2D eigenvalue weighted by Gasteiger charge is -2.16. The molecule has 6 nitrogen and oxygen atoms in total. The summed E-state index contributed by atoms with van der Waals surface area (Å²) in [5.41, 5.74) is 4.77. The van der Waals surface area contributed by atoms with E-state index in [9.17, 15) is 9.59 Å². The van der Waals surface area contributed by atoms with E-state index in [1.54, 1.807) is 35.6 Å². The molecule has 0 saturated carbocycles. The molecule has 1 atom stereocenters. The van der Waals surface area contributed by atoms with Crippen molar-refractivity contribution in [2.75, 3.05) is 19.7 Å². The van der Waals surface area contributed by atoms with Gasteiger partial charge < -0.3 is 9.64 Å². The summed E-state index contributed by atoms with van der Waals surface area (Å²) in [7, 11) is 0. The predicted molar refractivity (Wildman–Crippen MR) is 97.6 cm³/mol. The standard InChI is InChI=1S/C17H20ClN3O3S/c1-2-21(10-15-4-3-9-25-15)11-16(22)19-20-17(23)12-24-14-7-5-13(18)6-8-14/h3-9H,2,10-12H2,1H3,(H,19,22)(H,20,23)/p+1. The smallest absolute Gasteiger partial charge is 0.293 e. The summed E-state index contributed by atoms with van der Waals surface area (Å²) in [6.07, 6.45) is 0. The quantitative estimate of drug-likeness (QED) is 0.597. The molecule has 0 bridgehead atoms. The van der Waals surface area contributed by atoms with Gasteiger partial charge in [0.1, 0.15) is 12.3 Å². The number of rotatable bonds is 8. The van der Waals surface area contributed by atoms with Crippen molar-refractivity contribution in [3.05, 3.63) is 51.7 Å². The number of carbonyl (C=O) groups is 2. The van der Waals surface area contributed by atoms with Gasteiger partial charge in [-0.2, -0.15) is 0 Å². The van der Waals surface area contributed by atoms with Crippen molar-refractivity contribution in [3.8, 4) is 5.75 Å². The molecule has 2 rings (SSSR count). The van der Waals surface area contributed by atoms with E-state index in [1.807, 2.05) is 24.4 Å². The molecule has 0 aliphatic heterocycles. The minimum atomic E-state index is -0.431. The Labute approximate surface area is 155 Å². The lowest BCUT2D eigenvalue weighted by Crippen LogP contribution is -3.11. The van der Waals surface area contributed by atoms with Gasteiger partial charge in [-0.1, -0.05) is 17.7 Å². The Hall–Kier alpha value is -2.09. The topological polar surface area (TPSA) is 71.9 Å². The zero-order valence-electron chi connectivity index (χ0n) is 13.9. The molecule has 8 heteroatoms. The summed E-state index contributed by atoms with van der Waals surface area (Å²) < 4.78 is 5.30. The summed E-state index contributed by atoms with van der Waals surface area (Å²) >= 11 is 7.44. The van der Waals surface area contributed by atoms with Gasteiger partial charge in [0.25, 0.3) is 11.8 Å². The molecule has 25 heavy (non-hydrogen) atoms. The first kappa shape index (κ1) is 19.2. The maximum absolute atomic E-state index is 12.0. The summed E-state index contributed by atoms with van der Waals surface area (Å²) in [5, 5.41) is 2.61. The number of amides is 2.